The number of amides is 1. The van der Waals surface area contributed by atoms with E-state index in [9.17, 15) is 9.18 Å². The molecule has 1 aromatic carbocycles. The zero-order valence-electron chi connectivity index (χ0n) is 11.4. The van der Waals surface area contributed by atoms with Gasteiger partial charge in [-0.05, 0) is 25.1 Å². The SMILES string of the molecule is CC(c1ccccc1F)N(C)C(=O)c1ncccc1N. The maximum Gasteiger partial charge on any atom is 0.274 e. The van der Waals surface area contributed by atoms with E-state index >= 15 is 0 Å². The van der Waals surface area contributed by atoms with E-state index in [1.807, 2.05) is 0 Å². The molecule has 104 valence electrons. The number of carbonyl (C=O) groups excluding carboxylic acids is 1. The first kappa shape index (κ1) is 14.0. The van der Waals surface area contributed by atoms with Gasteiger partial charge in [-0.2, -0.15) is 0 Å². The number of carbonyl (C=O) groups is 1. The Bertz CT molecular complexity index is 630. The minimum Gasteiger partial charge on any atom is -0.397 e. The van der Waals surface area contributed by atoms with Crippen LogP contribution < -0.4 is 5.73 Å². The molecule has 0 bridgehead atoms. The third-order valence-corrected chi connectivity index (χ3v) is 3.30. The van der Waals surface area contributed by atoms with E-state index in [0.29, 0.717) is 11.3 Å². The molecule has 2 aromatic rings. The van der Waals surface area contributed by atoms with Crippen LogP contribution in [-0.4, -0.2) is 22.8 Å². The molecular formula is C15H16FN3O. The van der Waals surface area contributed by atoms with Gasteiger partial charge >= 0.3 is 0 Å². The summed E-state index contributed by atoms with van der Waals surface area (Å²) in [5.74, 6) is -0.674. The van der Waals surface area contributed by atoms with Gasteiger partial charge in [-0.25, -0.2) is 9.37 Å². The highest BCUT2D eigenvalue weighted by Gasteiger charge is 2.23. The molecule has 4 nitrogen and oxygen atoms in total. The van der Waals surface area contributed by atoms with Crippen molar-refractivity contribution in [3.8, 4) is 0 Å². The number of nitrogen functional groups attached to an aromatic ring is 1. The predicted molar refractivity (Wildman–Crippen MR) is 75.6 cm³/mol. The second kappa shape index (κ2) is 5.69. The molecule has 0 saturated carbocycles. The molecule has 0 radical (unpaired) electrons. The minimum atomic E-state index is -0.412. The maximum absolute atomic E-state index is 13.8. The van der Waals surface area contributed by atoms with Crippen molar-refractivity contribution in [3.05, 3.63) is 59.7 Å². The van der Waals surface area contributed by atoms with Crippen molar-refractivity contribution in [2.24, 2.45) is 0 Å². The van der Waals surface area contributed by atoms with Crippen molar-refractivity contribution in [2.45, 2.75) is 13.0 Å². The summed E-state index contributed by atoms with van der Waals surface area (Å²) < 4.78 is 13.8. The van der Waals surface area contributed by atoms with Crippen molar-refractivity contribution in [3.63, 3.8) is 0 Å². The van der Waals surface area contributed by atoms with Gasteiger partial charge in [0.25, 0.3) is 5.91 Å². The van der Waals surface area contributed by atoms with Gasteiger partial charge in [0, 0.05) is 18.8 Å². The molecule has 1 atom stereocenters. The number of rotatable bonds is 3. The lowest BCUT2D eigenvalue weighted by Crippen LogP contribution is -2.31. The van der Waals surface area contributed by atoms with E-state index < -0.39 is 6.04 Å². The fourth-order valence-corrected chi connectivity index (χ4v) is 1.96. The summed E-state index contributed by atoms with van der Waals surface area (Å²) in [5.41, 5.74) is 6.69. The number of anilines is 1. The summed E-state index contributed by atoms with van der Waals surface area (Å²) in [6.45, 7) is 1.76. The standard InChI is InChI=1S/C15H16FN3O/c1-10(11-6-3-4-7-12(11)16)19(2)15(20)14-13(17)8-5-9-18-14/h3-10H,17H2,1-2H3. The van der Waals surface area contributed by atoms with Crippen LogP contribution in [-0.2, 0) is 0 Å². The van der Waals surface area contributed by atoms with Crippen molar-refractivity contribution in [2.75, 3.05) is 12.8 Å². The van der Waals surface area contributed by atoms with Crippen LogP contribution in [0.15, 0.2) is 42.6 Å². The average molecular weight is 273 g/mol. The molecule has 5 heteroatoms. The van der Waals surface area contributed by atoms with Crippen LogP contribution in [0.2, 0.25) is 0 Å². The fourth-order valence-electron chi connectivity index (χ4n) is 1.96. The van der Waals surface area contributed by atoms with Gasteiger partial charge in [-0.3, -0.25) is 4.79 Å². The normalized spacial score (nSPS) is 11.9. The number of nitrogens with two attached hydrogens (primary N) is 1. The zero-order valence-corrected chi connectivity index (χ0v) is 11.4. The molecule has 1 unspecified atom stereocenters. The van der Waals surface area contributed by atoms with E-state index in [-0.39, 0.29) is 17.4 Å². The minimum absolute atomic E-state index is 0.179. The molecule has 0 saturated heterocycles. The molecule has 0 aliphatic rings. The number of aromatic nitrogens is 1. The summed E-state index contributed by atoms with van der Waals surface area (Å²) >= 11 is 0. The molecule has 1 amide bonds. The van der Waals surface area contributed by atoms with E-state index in [0.717, 1.165) is 0 Å². The number of benzene rings is 1. The highest BCUT2D eigenvalue weighted by atomic mass is 19.1. The Morgan fingerprint density at radius 3 is 2.65 bits per heavy atom. The number of nitrogens with zero attached hydrogens (tertiary/aromatic N) is 2. The number of halogens is 1. The van der Waals surface area contributed by atoms with Crippen LogP contribution in [0.5, 0.6) is 0 Å². The van der Waals surface area contributed by atoms with Gasteiger partial charge in [-0.1, -0.05) is 18.2 Å². The van der Waals surface area contributed by atoms with Gasteiger partial charge in [0.1, 0.15) is 5.82 Å². The largest absolute Gasteiger partial charge is 0.397 e. The molecule has 0 aliphatic carbocycles. The van der Waals surface area contributed by atoms with Gasteiger partial charge in [-0.15, -0.1) is 0 Å². The molecule has 0 aliphatic heterocycles. The van der Waals surface area contributed by atoms with Crippen LogP contribution in [0.1, 0.15) is 29.0 Å². The summed E-state index contributed by atoms with van der Waals surface area (Å²) in [4.78, 5) is 17.8. The van der Waals surface area contributed by atoms with E-state index in [4.69, 9.17) is 5.73 Å². The lowest BCUT2D eigenvalue weighted by atomic mass is 10.1. The van der Waals surface area contributed by atoms with Crippen molar-refractivity contribution in [1.29, 1.82) is 0 Å². The molecule has 20 heavy (non-hydrogen) atoms. The van der Waals surface area contributed by atoms with Crippen LogP contribution in [0.25, 0.3) is 0 Å². The molecule has 1 aromatic heterocycles. The Morgan fingerprint density at radius 1 is 1.30 bits per heavy atom. The van der Waals surface area contributed by atoms with Crippen LogP contribution in [0, 0.1) is 5.82 Å². The van der Waals surface area contributed by atoms with Crippen molar-refractivity contribution in [1.82, 2.24) is 9.88 Å². The summed E-state index contributed by atoms with van der Waals surface area (Å²) in [6.07, 6.45) is 1.51. The topological polar surface area (TPSA) is 59.2 Å². The Balaban J connectivity index is 2.28. The van der Waals surface area contributed by atoms with Crippen LogP contribution in [0.3, 0.4) is 0 Å². The second-order valence-corrected chi connectivity index (χ2v) is 4.55. The van der Waals surface area contributed by atoms with Crippen molar-refractivity contribution < 1.29 is 9.18 Å². The summed E-state index contributed by atoms with van der Waals surface area (Å²) in [5, 5.41) is 0. The van der Waals surface area contributed by atoms with Gasteiger partial charge in [0.05, 0.1) is 11.7 Å². The van der Waals surface area contributed by atoms with Gasteiger partial charge in [0.15, 0.2) is 5.69 Å². The third kappa shape index (κ3) is 2.61. The number of hydrogen-bond donors (Lipinski definition) is 1. The monoisotopic (exact) mass is 273 g/mol. The Morgan fingerprint density at radius 2 is 2.00 bits per heavy atom. The molecule has 2 rings (SSSR count). The van der Waals surface area contributed by atoms with Crippen molar-refractivity contribution >= 4 is 11.6 Å². The van der Waals surface area contributed by atoms with E-state index in [2.05, 4.69) is 4.98 Å². The Kier molecular flexibility index (Phi) is 3.98. The van der Waals surface area contributed by atoms with E-state index in [1.165, 1.54) is 17.2 Å². The smallest absolute Gasteiger partial charge is 0.274 e. The first-order valence-corrected chi connectivity index (χ1v) is 6.24. The quantitative estimate of drug-likeness (QED) is 0.935. The first-order chi connectivity index (χ1) is 9.52. The highest BCUT2D eigenvalue weighted by Crippen LogP contribution is 2.23. The average Bonchev–Trinajstić information content (AvgIpc) is 2.46. The lowest BCUT2D eigenvalue weighted by Gasteiger charge is -2.25. The number of pyridine rings is 1. The Hall–Kier alpha value is -2.43. The maximum atomic E-state index is 13.8. The second-order valence-electron chi connectivity index (χ2n) is 4.55. The first-order valence-electron chi connectivity index (χ1n) is 6.24. The lowest BCUT2D eigenvalue weighted by molar-refractivity contribution is 0.0735. The molecule has 0 spiro atoms. The van der Waals surface area contributed by atoms with E-state index in [1.54, 1.807) is 44.3 Å². The van der Waals surface area contributed by atoms with Crippen LogP contribution in [0.4, 0.5) is 10.1 Å². The summed E-state index contributed by atoms with van der Waals surface area (Å²) in [7, 11) is 1.60. The Labute approximate surface area is 117 Å². The predicted octanol–water partition coefficient (Wildman–Crippen LogP) is 2.64. The molecule has 0 fully saturated rings. The van der Waals surface area contributed by atoms with Crippen LogP contribution >= 0.6 is 0 Å². The third-order valence-electron chi connectivity index (χ3n) is 3.30. The highest BCUT2D eigenvalue weighted by molar-refractivity contribution is 5.97. The van der Waals surface area contributed by atoms with Gasteiger partial charge in [0.2, 0.25) is 0 Å². The molecule has 2 N–H and O–H groups in total. The van der Waals surface area contributed by atoms with Gasteiger partial charge < -0.3 is 10.6 Å². The zero-order chi connectivity index (χ0) is 14.7. The fraction of sp³-hybridized carbons (Fsp3) is 0.200. The number of hydrogen-bond acceptors (Lipinski definition) is 3. The summed E-state index contributed by atoms with van der Waals surface area (Å²) in [6, 6.07) is 9.25. The molecule has 1 heterocycles. The molecular weight excluding hydrogens is 257 g/mol.